The van der Waals surface area contributed by atoms with E-state index in [1.165, 1.54) is 4.80 Å². The molecule has 0 aliphatic heterocycles. The first-order valence-electron chi connectivity index (χ1n) is 6.14. The highest BCUT2D eigenvalue weighted by Crippen LogP contribution is 2.32. The second-order valence-corrected chi connectivity index (χ2v) is 4.98. The monoisotopic (exact) mass is 315 g/mol. The molecule has 0 radical (unpaired) electrons. The van der Waals surface area contributed by atoms with Gasteiger partial charge in [-0.2, -0.15) is 4.80 Å². The molecule has 2 aromatic rings. The van der Waals surface area contributed by atoms with E-state index in [4.69, 9.17) is 27.9 Å². The predicted molar refractivity (Wildman–Crippen MR) is 77.0 cm³/mol. The van der Waals surface area contributed by atoms with Crippen LogP contribution in [0.25, 0.3) is 0 Å². The number of aryl methyl sites for hydroxylation is 1. The molecule has 0 aliphatic rings. The summed E-state index contributed by atoms with van der Waals surface area (Å²) in [6.07, 6.45) is 0. The molecule has 2 rings (SSSR count). The molecule has 0 saturated heterocycles. The summed E-state index contributed by atoms with van der Waals surface area (Å²) in [7, 11) is 1.70. The highest BCUT2D eigenvalue weighted by molar-refractivity contribution is 6.35. The van der Waals surface area contributed by atoms with Crippen LogP contribution in [0.5, 0.6) is 5.75 Å². The van der Waals surface area contributed by atoms with Crippen molar-refractivity contribution in [1.29, 1.82) is 0 Å². The average molecular weight is 316 g/mol. The number of halogens is 2. The Bertz CT molecular complexity index is 587. The van der Waals surface area contributed by atoms with Crippen molar-refractivity contribution >= 4 is 23.2 Å². The first-order valence-corrected chi connectivity index (χ1v) is 6.90. The van der Waals surface area contributed by atoms with Crippen LogP contribution in [0.4, 0.5) is 0 Å². The third kappa shape index (κ3) is 3.82. The number of ether oxygens (including phenoxy) is 1. The summed E-state index contributed by atoms with van der Waals surface area (Å²) in [5, 5.41) is 15.9. The summed E-state index contributed by atoms with van der Waals surface area (Å²) in [6.45, 7) is 3.69. The van der Waals surface area contributed by atoms with Crippen molar-refractivity contribution in [3.05, 3.63) is 33.6 Å². The topological polar surface area (TPSA) is 64.9 Å². The number of aromatic nitrogens is 4. The minimum Gasteiger partial charge on any atom is -0.484 e. The SMILES string of the molecule is CCNCc1cc(Cl)cc(Cl)c1OCc1nnn(C)n1. The Morgan fingerprint density at radius 2 is 2.15 bits per heavy atom. The maximum absolute atomic E-state index is 6.19. The standard InChI is InChI=1S/C12H15Cl2N5O/c1-3-15-6-8-4-9(13)5-10(14)12(8)20-7-11-16-18-19(2)17-11/h4-5,15H,3,6-7H2,1-2H3. The molecule has 1 heterocycles. The number of hydrogen-bond acceptors (Lipinski definition) is 5. The minimum absolute atomic E-state index is 0.203. The van der Waals surface area contributed by atoms with Crippen molar-refractivity contribution in [3.63, 3.8) is 0 Å². The summed E-state index contributed by atoms with van der Waals surface area (Å²) < 4.78 is 5.71. The van der Waals surface area contributed by atoms with Gasteiger partial charge in [0.05, 0.1) is 12.1 Å². The second kappa shape index (κ2) is 6.88. The molecular weight excluding hydrogens is 301 g/mol. The number of tetrazole rings is 1. The van der Waals surface area contributed by atoms with Gasteiger partial charge >= 0.3 is 0 Å². The molecule has 0 spiro atoms. The van der Waals surface area contributed by atoms with Crippen LogP contribution >= 0.6 is 23.2 Å². The molecule has 1 N–H and O–H groups in total. The van der Waals surface area contributed by atoms with Crippen molar-refractivity contribution in [2.45, 2.75) is 20.1 Å². The fraction of sp³-hybridized carbons (Fsp3) is 0.417. The Balaban J connectivity index is 2.16. The maximum atomic E-state index is 6.19. The molecule has 8 heteroatoms. The molecular formula is C12H15Cl2N5O. The van der Waals surface area contributed by atoms with E-state index < -0.39 is 0 Å². The summed E-state index contributed by atoms with van der Waals surface area (Å²) >= 11 is 12.2. The lowest BCUT2D eigenvalue weighted by atomic mass is 10.2. The summed E-state index contributed by atoms with van der Waals surface area (Å²) in [4.78, 5) is 1.38. The smallest absolute Gasteiger partial charge is 0.212 e. The number of nitrogens with zero attached hydrogens (tertiary/aromatic N) is 4. The van der Waals surface area contributed by atoms with Gasteiger partial charge in [-0.1, -0.05) is 30.1 Å². The highest BCUT2D eigenvalue weighted by atomic mass is 35.5. The molecule has 1 aromatic heterocycles. The lowest BCUT2D eigenvalue weighted by Gasteiger charge is -2.13. The lowest BCUT2D eigenvalue weighted by molar-refractivity contribution is 0.292. The van der Waals surface area contributed by atoms with Gasteiger partial charge in [-0.25, -0.2) is 0 Å². The van der Waals surface area contributed by atoms with Crippen molar-refractivity contribution in [2.24, 2.45) is 7.05 Å². The molecule has 0 fully saturated rings. The first kappa shape index (κ1) is 15.0. The Labute approximate surface area is 127 Å². The number of rotatable bonds is 6. The Morgan fingerprint density at radius 1 is 1.35 bits per heavy atom. The molecule has 0 unspecified atom stereocenters. The van der Waals surface area contributed by atoms with Crippen LogP contribution in [0, 0.1) is 0 Å². The van der Waals surface area contributed by atoms with Crippen molar-refractivity contribution in [2.75, 3.05) is 6.54 Å². The van der Waals surface area contributed by atoms with Crippen LogP contribution in [0.3, 0.4) is 0 Å². The zero-order valence-corrected chi connectivity index (χ0v) is 12.7. The normalized spacial score (nSPS) is 10.8. The second-order valence-electron chi connectivity index (χ2n) is 4.14. The zero-order valence-electron chi connectivity index (χ0n) is 11.2. The fourth-order valence-electron chi connectivity index (χ4n) is 1.68. The van der Waals surface area contributed by atoms with Gasteiger partial charge < -0.3 is 10.1 Å². The third-order valence-corrected chi connectivity index (χ3v) is 3.05. The molecule has 0 aliphatic carbocycles. The molecule has 0 amide bonds. The van der Waals surface area contributed by atoms with Gasteiger partial charge in [-0.15, -0.1) is 10.2 Å². The van der Waals surface area contributed by atoms with Crippen LogP contribution in [0.2, 0.25) is 10.0 Å². The van der Waals surface area contributed by atoms with Crippen LogP contribution < -0.4 is 10.1 Å². The van der Waals surface area contributed by atoms with E-state index in [0.717, 1.165) is 12.1 Å². The lowest BCUT2D eigenvalue weighted by Crippen LogP contribution is -2.13. The first-order chi connectivity index (χ1) is 9.60. The molecule has 0 atom stereocenters. The van der Waals surface area contributed by atoms with E-state index in [0.29, 0.717) is 28.2 Å². The molecule has 6 nitrogen and oxygen atoms in total. The van der Waals surface area contributed by atoms with E-state index >= 15 is 0 Å². The van der Waals surface area contributed by atoms with Crippen LogP contribution in [0.15, 0.2) is 12.1 Å². The van der Waals surface area contributed by atoms with Crippen LogP contribution in [0.1, 0.15) is 18.3 Å². The van der Waals surface area contributed by atoms with Gasteiger partial charge in [0.15, 0.2) is 6.61 Å². The van der Waals surface area contributed by atoms with Crippen LogP contribution in [-0.2, 0) is 20.2 Å². The average Bonchev–Trinajstić information content (AvgIpc) is 2.80. The van der Waals surface area contributed by atoms with Gasteiger partial charge in [0.2, 0.25) is 5.82 Å². The largest absolute Gasteiger partial charge is 0.484 e. The van der Waals surface area contributed by atoms with Gasteiger partial charge in [0.1, 0.15) is 5.75 Å². The molecule has 108 valence electrons. The van der Waals surface area contributed by atoms with Crippen molar-refractivity contribution in [3.8, 4) is 5.75 Å². The van der Waals surface area contributed by atoms with E-state index in [2.05, 4.69) is 20.7 Å². The number of nitrogens with one attached hydrogen (secondary N) is 1. The third-order valence-electron chi connectivity index (χ3n) is 2.55. The molecule has 0 bridgehead atoms. The van der Waals surface area contributed by atoms with E-state index in [9.17, 15) is 0 Å². The number of hydrogen-bond donors (Lipinski definition) is 1. The molecule has 0 saturated carbocycles. The quantitative estimate of drug-likeness (QED) is 0.885. The van der Waals surface area contributed by atoms with Gasteiger partial charge in [-0.05, 0) is 23.9 Å². The van der Waals surface area contributed by atoms with Gasteiger partial charge in [0.25, 0.3) is 0 Å². The fourth-order valence-corrected chi connectivity index (χ4v) is 2.27. The molecule has 20 heavy (non-hydrogen) atoms. The van der Waals surface area contributed by atoms with E-state index in [-0.39, 0.29) is 6.61 Å². The highest BCUT2D eigenvalue weighted by Gasteiger charge is 2.12. The van der Waals surface area contributed by atoms with E-state index in [1.54, 1.807) is 13.1 Å². The summed E-state index contributed by atoms with van der Waals surface area (Å²) in [5.74, 6) is 1.08. The maximum Gasteiger partial charge on any atom is 0.212 e. The Morgan fingerprint density at radius 3 is 2.80 bits per heavy atom. The Kier molecular flexibility index (Phi) is 5.17. The van der Waals surface area contributed by atoms with Gasteiger partial charge in [-0.3, -0.25) is 0 Å². The number of benzene rings is 1. The zero-order chi connectivity index (χ0) is 14.5. The van der Waals surface area contributed by atoms with Crippen molar-refractivity contribution < 1.29 is 4.74 Å². The Hall–Kier alpha value is -1.37. The van der Waals surface area contributed by atoms with Gasteiger partial charge in [0, 0.05) is 17.1 Å². The van der Waals surface area contributed by atoms with Crippen molar-refractivity contribution in [1.82, 2.24) is 25.5 Å². The summed E-state index contributed by atoms with van der Waals surface area (Å²) in [6, 6.07) is 3.48. The predicted octanol–water partition coefficient (Wildman–Crippen LogP) is 2.21. The minimum atomic E-state index is 0.203. The van der Waals surface area contributed by atoms with Crippen LogP contribution in [-0.4, -0.2) is 26.8 Å². The summed E-state index contributed by atoms with van der Waals surface area (Å²) in [5.41, 5.74) is 0.897. The van der Waals surface area contributed by atoms with E-state index in [1.807, 2.05) is 13.0 Å². The molecule has 1 aromatic carbocycles.